The van der Waals surface area contributed by atoms with E-state index in [2.05, 4.69) is 24.1 Å². The van der Waals surface area contributed by atoms with Crippen LogP contribution in [0, 0.1) is 11.7 Å². The minimum absolute atomic E-state index is 0.0970. The van der Waals surface area contributed by atoms with E-state index in [9.17, 15) is 4.39 Å². The molecule has 0 aliphatic carbocycles. The van der Waals surface area contributed by atoms with Crippen LogP contribution in [-0.2, 0) is 6.54 Å². The predicted octanol–water partition coefficient (Wildman–Crippen LogP) is 3.17. The van der Waals surface area contributed by atoms with Crippen LogP contribution in [0.3, 0.4) is 0 Å². The first-order chi connectivity index (χ1) is 8.63. The van der Waals surface area contributed by atoms with E-state index in [4.69, 9.17) is 0 Å². The zero-order valence-electron chi connectivity index (χ0n) is 11.5. The number of benzene rings is 1. The monoisotopic (exact) mass is 250 g/mol. The number of hydrogen-bond acceptors (Lipinski definition) is 2. The fraction of sp³-hybridized carbons (Fsp3) is 0.600. The molecule has 1 fully saturated rings. The van der Waals surface area contributed by atoms with Gasteiger partial charge in [0.25, 0.3) is 0 Å². The van der Waals surface area contributed by atoms with Crippen molar-refractivity contribution in [2.75, 3.05) is 18.0 Å². The summed E-state index contributed by atoms with van der Waals surface area (Å²) < 4.78 is 14.0. The van der Waals surface area contributed by atoms with Crippen LogP contribution in [0.4, 0.5) is 10.1 Å². The summed E-state index contributed by atoms with van der Waals surface area (Å²) >= 11 is 0. The van der Waals surface area contributed by atoms with Gasteiger partial charge in [0, 0.05) is 30.4 Å². The Morgan fingerprint density at radius 3 is 2.78 bits per heavy atom. The van der Waals surface area contributed by atoms with Gasteiger partial charge in [-0.1, -0.05) is 19.9 Å². The maximum atomic E-state index is 14.0. The van der Waals surface area contributed by atoms with Crippen LogP contribution in [0.5, 0.6) is 0 Å². The van der Waals surface area contributed by atoms with E-state index in [1.54, 1.807) is 6.07 Å². The zero-order chi connectivity index (χ0) is 13.1. The highest BCUT2D eigenvalue weighted by Gasteiger charge is 2.28. The maximum Gasteiger partial charge on any atom is 0.129 e. The van der Waals surface area contributed by atoms with Gasteiger partial charge in [-0.3, -0.25) is 0 Å². The Hall–Kier alpha value is -1.09. The van der Waals surface area contributed by atoms with Crippen LogP contribution in [0.2, 0.25) is 0 Å². The van der Waals surface area contributed by atoms with Crippen molar-refractivity contribution in [3.05, 3.63) is 29.6 Å². The molecule has 1 N–H and O–H groups in total. The standard InChI is InChI=1S/C15H23FN2/c1-4-17-9-13-14(16)6-5-7-15(13)18-10-11(2)8-12(18)3/h5-7,11-12,17H,4,8-10H2,1-3H3. The Bertz CT molecular complexity index is 405. The van der Waals surface area contributed by atoms with Gasteiger partial charge in [-0.2, -0.15) is 0 Å². The maximum absolute atomic E-state index is 14.0. The van der Waals surface area contributed by atoms with Crippen LogP contribution in [0.1, 0.15) is 32.8 Å². The van der Waals surface area contributed by atoms with Gasteiger partial charge in [-0.25, -0.2) is 4.39 Å². The number of rotatable bonds is 4. The summed E-state index contributed by atoms with van der Waals surface area (Å²) in [5.74, 6) is 0.593. The molecule has 1 aromatic rings. The Kier molecular flexibility index (Phi) is 4.23. The van der Waals surface area contributed by atoms with E-state index in [-0.39, 0.29) is 5.82 Å². The minimum atomic E-state index is -0.0970. The third-order valence-corrected chi connectivity index (χ3v) is 3.74. The van der Waals surface area contributed by atoms with Crippen LogP contribution in [0.25, 0.3) is 0 Å². The number of nitrogens with zero attached hydrogens (tertiary/aromatic N) is 1. The summed E-state index contributed by atoms with van der Waals surface area (Å²) in [6.07, 6.45) is 1.19. The van der Waals surface area contributed by atoms with Gasteiger partial charge in [-0.15, -0.1) is 0 Å². The van der Waals surface area contributed by atoms with Gasteiger partial charge >= 0.3 is 0 Å². The topological polar surface area (TPSA) is 15.3 Å². The van der Waals surface area contributed by atoms with E-state index < -0.39 is 0 Å². The first-order valence-electron chi connectivity index (χ1n) is 6.88. The molecule has 1 saturated heterocycles. The van der Waals surface area contributed by atoms with Crippen LogP contribution >= 0.6 is 0 Å². The van der Waals surface area contributed by atoms with Crippen molar-refractivity contribution >= 4 is 5.69 Å². The van der Waals surface area contributed by atoms with E-state index in [0.717, 1.165) is 24.3 Å². The zero-order valence-corrected chi connectivity index (χ0v) is 11.5. The Labute approximate surface area is 109 Å². The average Bonchev–Trinajstić information content (AvgIpc) is 2.66. The Morgan fingerprint density at radius 1 is 1.39 bits per heavy atom. The molecule has 2 nitrogen and oxygen atoms in total. The van der Waals surface area contributed by atoms with Crippen LogP contribution in [0.15, 0.2) is 18.2 Å². The summed E-state index contributed by atoms with van der Waals surface area (Å²) in [5, 5.41) is 3.23. The van der Waals surface area contributed by atoms with Crippen molar-refractivity contribution < 1.29 is 4.39 Å². The number of anilines is 1. The van der Waals surface area contributed by atoms with Gasteiger partial charge in [0.1, 0.15) is 5.82 Å². The second kappa shape index (κ2) is 5.70. The van der Waals surface area contributed by atoms with E-state index in [0.29, 0.717) is 18.5 Å². The molecule has 0 amide bonds. The molecule has 1 aliphatic heterocycles. The molecule has 0 saturated carbocycles. The highest BCUT2D eigenvalue weighted by Crippen LogP contribution is 2.32. The molecule has 2 rings (SSSR count). The average molecular weight is 250 g/mol. The highest BCUT2D eigenvalue weighted by molar-refractivity contribution is 5.55. The fourth-order valence-electron chi connectivity index (χ4n) is 2.88. The molecule has 1 aromatic carbocycles. The third-order valence-electron chi connectivity index (χ3n) is 3.74. The third kappa shape index (κ3) is 2.66. The number of nitrogens with one attached hydrogen (secondary N) is 1. The molecule has 1 heterocycles. The van der Waals surface area contributed by atoms with Gasteiger partial charge < -0.3 is 10.2 Å². The number of halogens is 1. The van der Waals surface area contributed by atoms with E-state index in [1.807, 2.05) is 19.1 Å². The smallest absolute Gasteiger partial charge is 0.129 e. The summed E-state index contributed by atoms with van der Waals surface area (Å²) in [7, 11) is 0. The molecular formula is C15H23FN2. The molecule has 1 aliphatic rings. The lowest BCUT2D eigenvalue weighted by Crippen LogP contribution is -2.29. The molecule has 18 heavy (non-hydrogen) atoms. The second-order valence-corrected chi connectivity index (χ2v) is 5.36. The van der Waals surface area contributed by atoms with E-state index >= 15 is 0 Å². The summed E-state index contributed by atoms with van der Waals surface area (Å²) in [6.45, 7) is 9.03. The van der Waals surface area contributed by atoms with Crippen molar-refractivity contribution in [3.8, 4) is 0 Å². The lowest BCUT2D eigenvalue weighted by molar-refractivity contribution is 0.590. The lowest BCUT2D eigenvalue weighted by Gasteiger charge is -2.27. The number of hydrogen-bond donors (Lipinski definition) is 1. The van der Waals surface area contributed by atoms with Crippen molar-refractivity contribution in [1.82, 2.24) is 5.32 Å². The first-order valence-corrected chi connectivity index (χ1v) is 6.88. The SMILES string of the molecule is CCNCc1c(F)cccc1N1CC(C)CC1C. The summed E-state index contributed by atoms with van der Waals surface area (Å²) in [6, 6.07) is 5.92. The molecule has 3 heteroatoms. The quantitative estimate of drug-likeness (QED) is 0.883. The molecule has 0 aromatic heterocycles. The normalized spacial score (nSPS) is 23.7. The molecule has 2 unspecified atom stereocenters. The first kappa shape index (κ1) is 13.3. The second-order valence-electron chi connectivity index (χ2n) is 5.36. The molecule has 2 atom stereocenters. The van der Waals surface area contributed by atoms with Gasteiger partial charge in [0.15, 0.2) is 0 Å². The summed E-state index contributed by atoms with van der Waals surface area (Å²) in [5.41, 5.74) is 1.87. The van der Waals surface area contributed by atoms with Crippen molar-refractivity contribution in [2.24, 2.45) is 5.92 Å². The molecule has 0 spiro atoms. The lowest BCUT2D eigenvalue weighted by atomic mass is 10.1. The van der Waals surface area contributed by atoms with Crippen molar-refractivity contribution in [3.63, 3.8) is 0 Å². The van der Waals surface area contributed by atoms with Gasteiger partial charge in [0.05, 0.1) is 0 Å². The molecule has 0 bridgehead atoms. The van der Waals surface area contributed by atoms with Crippen LogP contribution < -0.4 is 10.2 Å². The van der Waals surface area contributed by atoms with Crippen molar-refractivity contribution in [1.29, 1.82) is 0 Å². The fourth-order valence-corrected chi connectivity index (χ4v) is 2.88. The van der Waals surface area contributed by atoms with Gasteiger partial charge in [-0.05, 0) is 37.9 Å². The van der Waals surface area contributed by atoms with E-state index in [1.165, 1.54) is 6.42 Å². The Morgan fingerprint density at radius 2 is 2.17 bits per heavy atom. The Balaban J connectivity index is 2.29. The largest absolute Gasteiger partial charge is 0.368 e. The minimum Gasteiger partial charge on any atom is -0.368 e. The molecular weight excluding hydrogens is 227 g/mol. The van der Waals surface area contributed by atoms with Gasteiger partial charge in [0.2, 0.25) is 0 Å². The summed E-state index contributed by atoms with van der Waals surface area (Å²) in [4.78, 5) is 2.35. The molecule has 0 radical (unpaired) electrons. The van der Waals surface area contributed by atoms with Crippen LogP contribution in [-0.4, -0.2) is 19.1 Å². The highest BCUT2D eigenvalue weighted by atomic mass is 19.1. The molecule has 100 valence electrons. The van der Waals surface area contributed by atoms with Crippen molar-refractivity contribution in [2.45, 2.75) is 39.8 Å². The predicted molar refractivity (Wildman–Crippen MR) is 74.4 cm³/mol.